The van der Waals surface area contributed by atoms with Crippen molar-refractivity contribution < 1.29 is 19.4 Å². The van der Waals surface area contributed by atoms with Gasteiger partial charge in [0.2, 0.25) is 0 Å². The number of carbonyl (C=O) groups excluding carboxylic acids is 1. The van der Waals surface area contributed by atoms with Gasteiger partial charge < -0.3 is 20.5 Å². The summed E-state index contributed by atoms with van der Waals surface area (Å²) in [7, 11) is 1.63. The fourth-order valence-corrected chi connectivity index (χ4v) is 2.42. The van der Waals surface area contributed by atoms with Crippen molar-refractivity contribution >= 4 is 12.0 Å². The van der Waals surface area contributed by atoms with Crippen LogP contribution in [0, 0.1) is 5.41 Å². The number of carboxylic acid groups (broad SMARTS) is 1. The summed E-state index contributed by atoms with van der Waals surface area (Å²) in [5, 5.41) is 14.6. The second-order valence-electron chi connectivity index (χ2n) is 6.74. The van der Waals surface area contributed by atoms with E-state index in [4.69, 9.17) is 9.84 Å². The summed E-state index contributed by atoms with van der Waals surface area (Å²) >= 11 is 0. The number of ether oxygens (including phenoxy) is 1. The molecule has 0 fully saturated rings. The lowest BCUT2D eigenvalue weighted by molar-refractivity contribution is -0.137. The van der Waals surface area contributed by atoms with Crippen molar-refractivity contribution in [2.45, 2.75) is 39.2 Å². The van der Waals surface area contributed by atoms with Gasteiger partial charge in [0.15, 0.2) is 0 Å². The minimum Gasteiger partial charge on any atom is -0.481 e. The molecule has 0 spiro atoms. The summed E-state index contributed by atoms with van der Waals surface area (Å²) < 4.78 is 5.13. The SMILES string of the molecule is COCC(C)(C)CNC(=O)NC(CCC(=O)O)Cc1ccccc1. The number of rotatable bonds is 10. The molecule has 1 aromatic carbocycles. The van der Waals surface area contributed by atoms with Crippen molar-refractivity contribution in [2.24, 2.45) is 5.41 Å². The number of nitrogens with one attached hydrogen (secondary N) is 2. The molecule has 6 heteroatoms. The highest BCUT2D eigenvalue weighted by Crippen LogP contribution is 2.13. The van der Waals surface area contributed by atoms with Gasteiger partial charge in [0.1, 0.15) is 0 Å². The summed E-state index contributed by atoms with van der Waals surface area (Å²) in [4.78, 5) is 23.0. The summed E-state index contributed by atoms with van der Waals surface area (Å²) in [5.74, 6) is -0.864. The molecule has 24 heavy (non-hydrogen) atoms. The second-order valence-corrected chi connectivity index (χ2v) is 6.74. The third kappa shape index (κ3) is 8.53. The largest absolute Gasteiger partial charge is 0.481 e. The standard InChI is InChI=1S/C18H28N2O4/c1-18(2,13-24-3)12-19-17(23)20-15(9-10-16(21)22)11-14-7-5-4-6-8-14/h4-8,15H,9-13H2,1-3H3,(H,21,22)(H2,19,20,23). The van der Waals surface area contributed by atoms with E-state index in [-0.39, 0.29) is 23.9 Å². The lowest BCUT2D eigenvalue weighted by atomic mass is 9.95. The number of urea groups is 1. The third-order valence-electron chi connectivity index (χ3n) is 3.63. The maximum absolute atomic E-state index is 12.1. The fraction of sp³-hybridized carbons (Fsp3) is 0.556. The van der Waals surface area contributed by atoms with Crippen molar-refractivity contribution in [3.05, 3.63) is 35.9 Å². The van der Waals surface area contributed by atoms with E-state index in [1.807, 2.05) is 44.2 Å². The topological polar surface area (TPSA) is 87.7 Å². The van der Waals surface area contributed by atoms with Gasteiger partial charge in [-0.25, -0.2) is 4.79 Å². The Labute approximate surface area is 143 Å². The zero-order valence-electron chi connectivity index (χ0n) is 14.7. The molecular formula is C18H28N2O4. The molecule has 3 N–H and O–H groups in total. The first-order valence-electron chi connectivity index (χ1n) is 8.11. The number of carboxylic acids is 1. The number of methoxy groups -OCH3 is 1. The Morgan fingerprint density at radius 3 is 2.50 bits per heavy atom. The third-order valence-corrected chi connectivity index (χ3v) is 3.63. The number of amides is 2. The van der Waals surface area contributed by atoms with Gasteiger partial charge in [-0.3, -0.25) is 4.79 Å². The van der Waals surface area contributed by atoms with Crippen LogP contribution >= 0.6 is 0 Å². The molecule has 0 heterocycles. The monoisotopic (exact) mass is 336 g/mol. The quantitative estimate of drug-likeness (QED) is 0.612. The first-order chi connectivity index (χ1) is 11.3. The van der Waals surface area contributed by atoms with Crippen LogP contribution in [0.25, 0.3) is 0 Å². The lowest BCUT2D eigenvalue weighted by Gasteiger charge is -2.25. The average Bonchev–Trinajstić information content (AvgIpc) is 2.52. The zero-order valence-corrected chi connectivity index (χ0v) is 14.7. The molecule has 1 atom stereocenters. The molecule has 0 bridgehead atoms. The highest BCUT2D eigenvalue weighted by molar-refractivity contribution is 5.74. The van der Waals surface area contributed by atoms with E-state index >= 15 is 0 Å². The predicted octanol–water partition coefficient (Wildman–Crippen LogP) is 2.43. The molecule has 0 saturated carbocycles. The predicted molar refractivity (Wildman–Crippen MR) is 93.0 cm³/mol. The summed E-state index contributed by atoms with van der Waals surface area (Å²) in [6, 6.07) is 9.20. The van der Waals surface area contributed by atoms with Crippen LogP contribution in [0.3, 0.4) is 0 Å². The van der Waals surface area contributed by atoms with E-state index in [1.54, 1.807) is 7.11 Å². The van der Waals surface area contributed by atoms with E-state index in [0.29, 0.717) is 26.0 Å². The van der Waals surface area contributed by atoms with Gasteiger partial charge >= 0.3 is 12.0 Å². The van der Waals surface area contributed by atoms with Gasteiger partial charge in [0.05, 0.1) is 6.61 Å². The highest BCUT2D eigenvalue weighted by atomic mass is 16.5. The molecule has 0 aliphatic carbocycles. The molecular weight excluding hydrogens is 308 g/mol. The van der Waals surface area contributed by atoms with E-state index < -0.39 is 5.97 Å². The molecule has 0 saturated heterocycles. The Balaban J connectivity index is 2.56. The van der Waals surface area contributed by atoms with Crippen LogP contribution in [0.1, 0.15) is 32.3 Å². The molecule has 6 nitrogen and oxygen atoms in total. The smallest absolute Gasteiger partial charge is 0.315 e. The van der Waals surface area contributed by atoms with E-state index in [1.165, 1.54) is 0 Å². The Morgan fingerprint density at radius 1 is 1.25 bits per heavy atom. The summed E-state index contributed by atoms with van der Waals surface area (Å²) in [6.07, 6.45) is 1.01. The number of carbonyl (C=O) groups is 2. The van der Waals surface area contributed by atoms with Crippen molar-refractivity contribution in [1.82, 2.24) is 10.6 Å². The summed E-state index contributed by atoms with van der Waals surface area (Å²) in [5.41, 5.74) is 0.898. The molecule has 1 rings (SSSR count). The molecule has 1 unspecified atom stereocenters. The van der Waals surface area contributed by atoms with Crippen LogP contribution in [0.5, 0.6) is 0 Å². The molecule has 0 aliphatic rings. The number of hydrogen-bond donors (Lipinski definition) is 3. The van der Waals surface area contributed by atoms with E-state index in [2.05, 4.69) is 10.6 Å². The number of benzene rings is 1. The van der Waals surface area contributed by atoms with E-state index in [9.17, 15) is 9.59 Å². The van der Waals surface area contributed by atoms with Crippen LogP contribution in [0.4, 0.5) is 4.79 Å². The summed E-state index contributed by atoms with van der Waals surface area (Å²) in [6.45, 7) is 5.02. The molecule has 0 aromatic heterocycles. The molecule has 0 aliphatic heterocycles. The van der Waals surface area contributed by atoms with Crippen LogP contribution in [0.2, 0.25) is 0 Å². The highest BCUT2D eigenvalue weighted by Gasteiger charge is 2.20. The van der Waals surface area contributed by atoms with E-state index in [0.717, 1.165) is 5.56 Å². The second kappa shape index (κ2) is 9.93. The Hall–Kier alpha value is -2.08. The molecule has 134 valence electrons. The molecule has 2 amide bonds. The van der Waals surface area contributed by atoms with Crippen LogP contribution in [-0.4, -0.2) is 43.4 Å². The molecule has 0 radical (unpaired) electrons. The Bertz CT molecular complexity index is 517. The lowest BCUT2D eigenvalue weighted by Crippen LogP contribution is -2.46. The Morgan fingerprint density at radius 2 is 1.92 bits per heavy atom. The van der Waals surface area contributed by atoms with Gasteiger partial charge in [-0.15, -0.1) is 0 Å². The average molecular weight is 336 g/mol. The fourth-order valence-electron chi connectivity index (χ4n) is 2.42. The van der Waals surface area contributed by atoms with Crippen LogP contribution in [0.15, 0.2) is 30.3 Å². The van der Waals surface area contributed by atoms with Gasteiger partial charge in [-0.2, -0.15) is 0 Å². The normalized spacial score (nSPS) is 12.5. The Kier molecular flexibility index (Phi) is 8.26. The first kappa shape index (κ1) is 20.0. The maximum atomic E-state index is 12.1. The zero-order chi connectivity index (χ0) is 18.0. The minimum atomic E-state index is -0.864. The molecule has 1 aromatic rings. The van der Waals surface area contributed by atoms with Crippen molar-refractivity contribution in [2.75, 3.05) is 20.3 Å². The van der Waals surface area contributed by atoms with Gasteiger partial charge in [0.25, 0.3) is 0 Å². The van der Waals surface area contributed by atoms with Crippen LogP contribution < -0.4 is 10.6 Å². The van der Waals surface area contributed by atoms with Gasteiger partial charge in [-0.1, -0.05) is 44.2 Å². The minimum absolute atomic E-state index is 0.0208. The first-order valence-corrected chi connectivity index (χ1v) is 8.11. The van der Waals surface area contributed by atoms with Crippen molar-refractivity contribution in [1.29, 1.82) is 0 Å². The number of hydrogen-bond acceptors (Lipinski definition) is 3. The number of aliphatic carboxylic acids is 1. The van der Waals surface area contributed by atoms with Crippen molar-refractivity contribution in [3.8, 4) is 0 Å². The van der Waals surface area contributed by atoms with Crippen LogP contribution in [-0.2, 0) is 16.0 Å². The van der Waals surface area contributed by atoms with Gasteiger partial charge in [-0.05, 0) is 18.4 Å². The van der Waals surface area contributed by atoms with Crippen molar-refractivity contribution in [3.63, 3.8) is 0 Å². The maximum Gasteiger partial charge on any atom is 0.315 e. The van der Waals surface area contributed by atoms with Gasteiger partial charge in [0, 0.05) is 31.5 Å².